The molecule has 2 nitrogen and oxygen atoms in total. The summed E-state index contributed by atoms with van der Waals surface area (Å²) in [5.41, 5.74) is 1.53. The summed E-state index contributed by atoms with van der Waals surface area (Å²) in [4.78, 5) is 16.0. The van der Waals surface area contributed by atoms with Gasteiger partial charge in [-0.1, -0.05) is 53.5 Å². The number of benzene rings is 1. The summed E-state index contributed by atoms with van der Waals surface area (Å²) < 4.78 is 0. The lowest BCUT2D eigenvalue weighted by molar-refractivity contribution is 0.0975. The van der Waals surface area contributed by atoms with Gasteiger partial charge >= 0.3 is 0 Å². The molecule has 0 N–H and O–H groups in total. The van der Waals surface area contributed by atoms with Gasteiger partial charge in [0.15, 0.2) is 5.78 Å². The van der Waals surface area contributed by atoms with Gasteiger partial charge in [0, 0.05) is 12.6 Å². The molecule has 0 unspecified atom stereocenters. The summed E-state index contributed by atoms with van der Waals surface area (Å²) in [5.74, 6) is -0.0439. The van der Waals surface area contributed by atoms with E-state index in [9.17, 15) is 4.79 Å². The third-order valence-corrected chi connectivity index (χ3v) is 3.28. The zero-order valence-corrected chi connectivity index (χ0v) is 11.8. The lowest BCUT2D eigenvalue weighted by Gasteiger charge is -2.03. The van der Waals surface area contributed by atoms with Gasteiger partial charge in [-0.2, -0.15) is 0 Å². The average Bonchev–Trinajstić information content (AvgIpc) is 2.39. The van der Waals surface area contributed by atoms with E-state index in [1.54, 1.807) is 6.07 Å². The predicted octanol–water partition coefficient (Wildman–Crippen LogP) is 4.59. The summed E-state index contributed by atoms with van der Waals surface area (Å²) in [6, 6.07) is 11.6. The van der Waals surface area contributed by atoms with E-state index in [1.165, 1.54) is 11.8 Å². The Bertz CT molecular complexity index is 570. The Labute approximate surface area is 122 Å². The number of ketones is 1. The predicted molar refractivity (Wildman–Crippen MR) is 78.0 cm³/mol. The SMILES string of the molecule is O=C(CCCc1ccccc1)c1ncc(Cl)cc1Cl. The van der Waals surface area contributed by atoms with Crippen molar-refractivity contribution in [2.45, 2.75) is 19.3 Å². The Morgan fingerprint density at radius 3 is 2.58 bits per heavy atom. The fraction of sp³-hybridized carbons (Fsp3) is 0.200. The third-order valence-electron chi connectivity index (χ3n) is 2.78. The first-order chi connectivity index (χ1) is 9.16. The fourth-order valence-corrected chi connectivity index (χ4v) is 2.32. The number of aromatic nitrogens is 1. The first-order valence-corrected chi connectivity index (χ1v) is 6.80. The van der Waals surface area contributed by atoms with E-state index < -0.39 is 0 Å². The van der Waals surface area contributed by atoms with E-state index in [0.29, 0.717) is 22.2 Å². The molecule has 1 heterocycles. The molecule has 0 aliphatic heterocycles. The zero-order valence-electron chi connectivity index (χ0n) is 10.3. The number of halogens is 2. The highest BCUT2D eigenvalue weighted by molar-refractivity contribution is 6.36. The van der Waals surface area contributed by atoms with Crippen LogP contribution in [0.15, 0.2) is 42.6 Å². The van der Waals surface area contributed by atoms with Gasteiger partial charge in [0.25, 0.3) is 0 Å². The van der Waals surface area contributed by atoms with Gasteiger partial charge in [-0.3, -0.25) is 9.78 Å². The van der Waals surface area contributed by atoms with Crippen LogP contribution in [0.25, 0.3) is 0 Å². The van der Waals surface area contributed by atoms with Gasteiger partial charge in [0.05, 0.1) is 10.0 Å². The quantitative estimate of drug-likeness (QED) is 0.755. The molecule has 0 spiro atoms. The molecule has 0 amide bonds. The number of carbonyl (C=O) groups excluding carboxylic acids is 1. The number of rotatable bonds is 5. The molecule has 0 atom stereocenters. The Hall–Kier alpha value is -1.38. The minimum absolute atomic E-state index is 0.0439. The van der Waals surface area contributed by atoms with Crippen LogP contribution in [0.5, 0.6) is 0 Å². The summed E-state index contributed by atoms with van der Waals surface area (Å²) >= 11 is 11.7. The highest BCUT2D eigenvalue weighted by atomic mass is 35.5. The first-order valence-electron chi connectivity index (χ1n) is 6.05. The Kier molecular flexibility index (Phi) is 4.94. The Balaban J connectivity index is 1.91. The van der Waals surface area contributed by atoms with E-state index in [0.717, 1.165) is 12.8 Å². The van der Waals surface area contributed by atoms with Crippen molar-refractivity contribution in [3.05, 3.63) is 63.9 Å². The van der Waals surface area contributed by atoms with Crippen LogP contribution in [0.1, 0.15) is 28.9 Å². The van der Waals surface area contributed by atoms with Crippen molar-refractivity contribution in [3.8, 4) is 0 Å². The van der Waals surface area contributed by atoms with Crippen LogP contribution < -0.4 is 0 Å². The lowest BCUT2D eigenvalue weighted by atomic mass is 10.1. The van der Waals surface area contributed by atoms with Crippen LogP contribution in [-0.4, -0.2) is 10.8 Å². The highest BCUT2D eigenvalue weighted by Gasteiger charge is 2.12. The Morgan fingerprint density at radius 2 is 1.89 bits per heavy atom. The summed E-state index contributed by atoms with van der Waals surface area (Å²) in [7, 11) is 0. The number of nitrogens with zero attached hydrogens (tertiary/aromatic N) is 1. The Morgan fingerprint density at radius 1 is 1.16 bits per heavy atom. The molecule has 2 aromatic rings. The second-order valence-electron chi connectivity index (χ2n) is 4.25. The van der Waals surface area contributed by atoms with Crippen molar-refractivity contribution < 1.29 is 4.79 Å². The normalized spacial score (nSPS) is 10.4. The van der Waals surface area contributed by atoms with Crippen molar-refractivity contribution in [1.82, 2.24) is 4.98 Å². The molecule has 19 heavy (non-hydrogen) atoms. The summed E-state index contributed by atoms with van der Waals surface area (Å²) in [6.07, 6.45) is 3.53. The van der Waals surface area contributed by atoms with Gasteiger partial charge < -0.3 is 0 Å². The number of hydrogen-bond donors (Lipinski definition) is 0. The smallest absolute Gasteiger partial charge is 0.182 e. The van der Waals surface area contributed by atoms with Crippen molar-refractivity contribution in [1.29, 1.82) is 0 Å². The topological polar surface area (TPSA) is 30.0 Å². The molecule has 0 bridgehead atoms. The number of pyridine rings is 1. The van der Waals surface area contributed by atoms with E-state index in [1.807, 2.05) is 18.2 Å². The molecule has 1 aromatic carbocycles. The molecule has 98 valence electrons. The monoisotopic (exact) mass is 293 g/mol. The molecule has 0 saturated heterocycles. The van der Waals surface area contributed by atoms with Crippen LogP contribution in [0, 0.1) is 0 Å². The maximum atomic E-state index is 12.0. The molecule has 4 heteroatoms. The largest absolute Gasteiger partial charge is 0.292 e. The minimum atomic E-state index is -0.0439. The number of carbonyl (C=O) groups is 1. The highest BCUT2D eigenvalue weighted by Crippen LogP contribution is 2.20. The number of hydrogen-bond acceptors (Lipinski definition) is 2. The van der Waals surface area contributed by atoms with Crippen molar-refractivity contribution in [2.75, 3.05) is 0 Å². The summed E-state index contributed by atoms with van der Waals surface area (Å²) in [6.45, 7) is 0. The van der Waals surface area contributed by atoms with Crippen LogP contribution in [-0.2, 0) is 6.42 Å². The van der Waals surface area contributed by atoms with E-state index >= 15 is 0 Å². The van der Waals surface area contributed by atoms with Gasteiger partial charge in [-0.25, -0.2) is 0 Å². The minimum Gasteiger partial charge on any atom is -0.292 e. The molecule has 0 aliphatic rings. The van der Waals surface area contributed by atoms with Crippen LogP contribution in [0.4, 0.5) is 0 Å². The maximum absolute atomic E-state index is 12.0. The van der Waals surface area contributed by atoms with E-state index in [-0.39, 0.29) is 5.78 Å². The van der Waals surface area contributed by atoms with Gasteiger partial charge in [0.1, 0.15) is 5.69 Å². The second kappa shape index (κ2) is 6.69. The second-order valence-corrected chi connectivity index (χ2v) is 5.09. The first kappa shape index (κ1) is 14.0. The zero-order chi connectivity index (χ0) is 13.7. The van der Waals surface area contributed by atoms with Crippen molar-refractivity contribution >= 4 is 29.0 Å². The molecule has 0 aliphatic carbocycles. The summed E-state index contributed by atoms with van der Waals surface area (Å²) in [5, 5.41) is 0.753. The molecular formula is C15H13Cl2NO. The van der Waals surface area contributed by atoms with Crippen LogP contribution >= 0.6 is 23.2 Å². The van der Waals surface area contributed by atoms with Crippen molar-refractivity contribution in [3.63, 3.8) is 0 Å². The van der Waals surface area contributed by atoms with E-state index in [4.69, 9.17) is 23.2 Å². The third kappa shape index (κ3) is 4.05. The van der Waals surface area contributed by atoms with Crippen LogP contribution in [0.2, 0.25) is 10.0 Å². The van der Waals surface area contributed by atoms with Gasteiger partial charge in [0.2, 0.25) is 0 Å². The van der Waals surface area contributed by atoms with Gasteiger partial charge in [-0.05, 0) is 24.5 Å². The molecular weight excluding hydrogens is 281 g/mol. The van der Waals surface area contributed by atoms with Crippen molar-refractivity contribution in [2.24, 2.45) is 0 Å². The molecule has 0 fully saturated rings. The van der Waals surface area contributed by atoms with E-state index in [2.05, 4.69) is 17.1 Å². The number of aryl methyl sites for hydroxylation is 1. The molecule has 2 rings (SSSR count). The maximum Gasteiger partial charge on any atom is 0.182 e. The molecule has 1 aromatic heterocycles. The van der Waals surface area contributed by atoms with Crippen LogP contribution in [0.3, 0.4) is 0 Å². The number of Topliss-reactive ketones (excluding diaryl/α,β-unsaturated/α-hetero) is 1. The lowest BCUT2D eigenvalue weighted by Crippen LogP contribution is -2.03. The fourth-order valence-electron chi connectivity index (χ4n) is 1.84. The molecule has 0 saturated carbocycles. The van der Waals surface area contributed by atoms with Gasteiger partial charge in [-0.15, -0.1) is 0 Å². The standard InChI is InChI=1S/C15H13Cl2NO/c16-12-9-13(17)15(18-10-12)14(19)8-4-7-11-5-2-1-3-6-11/h1-3,5-6,9-10H,4,7-8H2. The average molecular weight is 294 g/mol. The molecule has 0 radical (unpaired) electrons.